The smallest absolute Gasteiger partial charge is 0.0375 e. The van der Waals surface area contributed by atoms with E-state index in [0.29, 0.717) is 12.3 Å². The Labute approximate surface area is 59.3 Å². The summed E-state index contributed by atoms with van der Waals surface area (Å²) in [7, 11) is -0.762. The summed E-state index contributed by atoms with van der Waals surface area (Å²) in [6.07, 6.45) is 0. The maximum Gasteiger partial charge on any atom is 0.0375 e. The molecule has 1 atom stereocenters. The Bertz CT molecular complexity index is 106. The van der Waals surface area contributed by atoms with Crippen LogP contribution in [-0.2, 0) is 10.8 Å². The van der Waals surface area contributed by atoms with Crippen LogP contribution in [0.1, 0.15) is 20.8 Å². The Hall–Kier alpha value is 0.110. The summed E-state index contributed by atoms with van der Waals surface area (Å²) < 4.78 is 11.0. The Morgan fingerprint density at radius 3 is 2.00 bits per heavy atom. The molecule has 0 radical (unpaired) electrons. The van der Waals surface area contributed by atoms with Gasteiger partial charge in [-0.25, -0.2) is 0 Å². The van der Waals surface area contributed by atoms with Crippen LogP contribution in [0, 0.1) is 0 Å². The van der Waals surface area contributed by atoms with E-state index in [0.717, 1.165) is 0 Å². The van der Waals surface area contributed by atoms with Crippen LogP contribution in [-0.4, -0.2) is 21.3 Å². The highest BCUT2D eigenvalue weighted by Crippen LogP contribution is 2.09. The predicted molar refractivity (Wildman–Crippen MR) is 41.8 cm³/mol. The molecule has 0 aromatic heterocycles. The van der Waals surface area contributed by atoms with Crippen molar-refractivity contribution >= 4 is 10.8 Å². The lowest BCUT2D eigenvalue weighted by Crippen LogP contribution is -2.27. The highest BCUT2D eigenvalue weighted by Gasteiger charge is 2.17. The van der Waals surface area contributed by atoms with Crippen molar-refractivity contribution < 1.29 is 4.21 Å². The summed E-state index contributed by atoms with van der Waals surface area (Å²) in [6.45, 7) is 6.39. The zero-order chi connectivity index (χ0) is 7.49. The topological polar surface area (TPSA) is 43.1 Å². The van der Waals surface area contributed by atoms with Crippen LogP contribution in [0.5, 0.6) is 0 Å². The van der Waals surface area contributed by atoms with Gasteiger partial charge in [-0.05, 0) is 20.8 Å². The molecular weight excluding hydrogens is 134 g/mol. The summed E-state index contributed by atoms with van der Waals surface area (Å²) in [4.78, 5) is 0. The molecule has 0 aromatic rings. The third-order valence-electron chi connectivity index (χ3n) is 0.986. The van der Waals surface area contributed by atoms with Gasteiger partial charge in [0.05, 0.1) is 0 Å². The molecular formula is C6H15NOS. The number of rotatable bonds is 2. The Morgan fingerprint density at radius 1 is 1.44 bits per heavy atom. The minimum Gasteiger partial charge on any atom is -0.330 e. The first-order chi connectivity index (χ1) is 3.98. The molecule has 0 spiro atoms. The molecule has 0 aliphatic rings. The number of hydrogen-bond donors (Lipinski definition) is 1. The molecule has 2 N–H and O–H groups in total. The van der Waals surface area contributed by atoms with Crippen LogP contribution in [0.15, 0.2) is 0 Å². The molecule has 0 amide bonds. The molecule has 0 saturated heterocycles. The standard InChI is InChI=1S/C6H15NOS/c1-6(2,3)9(8)5-4-7/h4-5,7H2,1-3H3/t9-/m0/s1. The van der Waals surface area contributed by atoms with E-state index >= 15 is 0 Å². The zero-order valence-electron chi connectivity index (χ0n) is 6.31. The van der Waals surface area contributed by atoms with Gasteiger partial charge in [0, 0.05) is 27.8 Å². The fourth-order valence-corrected chi connectivity index (χ4v) is 1.24. The first-order valence-electron chi connectivity index (χ1n) is 3.07. The molecule has 0 rings (SSSR count). The largest absolute Gasteiger partial charge is 0.330 e. The minimum atomic E-state index is -0.762. The second kappa shape index (κ2) is 3.32. The third kappa shape index (κ3) is 3.65. The van der Waals surface area contributed by atoms with Crippen molar-refractivity contribution in [1.29, 1.82) is 0 Å². The van der Waals surface area contributed by atoms with Crippen molar-refractivity contribution in [2.45, 2.75) is 25.5 Å². The maximum atomic E-state index is 11.1. The van der Waals surface area contributed by atoms with Gasteiger partial charge in [0.25, 0.3) is 0 Å². The molecule has 0 aliphatic heterocycles. The van der Waals surface area contributed by atoms with E-state index in [9.17, 15) is 4.21 Å². The molecule has 0 fully saturated rings. The van der Waals surface area contributed by atoms with Crippen molar-refractivity contribution in [3.05, 3.63) is 0 Å². The number of nitrogens with two attached hydrogens (primary N) is 1. The summed E-state index contributed by atoms with van der Waals surface area (Å²) in [6, 6.07) is 0. The van der Waals surface area contributed by atoms with Crippen LogP contribution in [0.2, 0.25) is 0 Å². The van der Waals surface area contributed by atoms with Crippen LogP contribution in [0.4, 0.5) is 0 Å². The van der Waals surface area contributed by atoms with Gasteiger partial charge in [-0.1, -0.05) is 0 Å². The highest BCUT2D eigenvalue weighted by molar-refractivity contribution is 7.86. The Morgan fingerprint density at radius 2 is 1.89 bits per heavy atom. The average molecular weight is 149 g/mol. The van der Waals surface area contributed by atoms with E-state index in [1.54, 1.807) is 0 Å². The van der Waals surface area contributed by atoms with Gasteiger partial charge in [0.15, 0.2) is 0 Å². The monoisotopic (exact) mass is 149 g/mol. The van der Waals surface area contributed by atoms with E-state index in [-0.39, 0.29) is 4.75 Å². The molecule has 0 heterocycles. The van der Waals surface area contributed by atoms with Crippen LogP contribution < -0.4 is 5.73 Å². The quantitative estimate of drug-likeness (QED) is 0.621. The Kier molecular flexibility index (Phi) is 3.36. The molecule has 0 unspecified atom stereocenters. The molecule has 0 saturated carbocycles. The number of hydrogen-bond acceptors (Lipinski definition) is 2. The summed E-state index contributed by atoms with van der Waals surface area (Å²) in [5.41, 5.74) is 5.23. The van der Waals surface area contributed by atoms with E-state index in [1.807, 2.05) is 20.8 Å². The molecule has 0 aromatic carbocycles. The molecule has 9 heavy (non-hydrogen) atoms. The fraction of sp³-hybridized carbons (Fsp3) is 1.00. The lowest BCUT2D eigenvalue weighted by atomic mass is 10.3. The molecule has 3 heteroatoms. The zero-order valence-corrected chi connectivity index (χ0v) is 7.12. The first-order valence-corrected chi connectivity index (χ1v) is 4.39. The van der Waals surface area contributed by atoms with Crippen molar-refractivity contribution in [1.82, 2.24) is 0 Å². The normalized spacial score (nSPS) is 15.6. The minimum absolute atomic E-state index is 0.0978. The molecule has 2 nitrogen and oxygen atoms in total. The maximum absolute atomic E-state index is 11.1. The van der Waals surface area contributed by atoms with Crippen molar-refractivity contribution in [3.8, 4) is 0 Å². The van der Waals surface area contributed by atoms with Crippen LogP contribution in [0.3, 0.4) is 0 Å². The van der Waals surface area contributed by atoms with Gasteiger partial charge >= 0.3 is 0 Å². The van der Waals surface area contributed by atoms with Crippen LogP contribution >= 0.6 is 0 Å². The van der Waals surface area contributed by atoms with Crippen molar-refractivity contribution in [3.63, 3.8) is 0 Å². The summed E-state index contributed by atoms with van der Waals surface area (Å²) in [5, 5.41) is 0. The van der Waals surface area contributed by atoms with Gasteiger partial charge in [-0.2, -0.15) is 0 Å². The first kappa shape index (κ1) is 9.11. The lowest BCUT2D eigenvalue weighted by molar-refractivity contribution is 0.648. The van der Waals surface area contributed by atoms with E-state index in [2.05, 4.69) is 0 Å². The predicted octanol–water partition coefficient (Wildman–Crippen LogP) is 0.492. The van der Waals surface area contributed by atoms with Gasteiger partial charge in [-0.15, -0.1) is 0 Å². The van der Waals surface area contributed by atoms with Gasteiger partial charge in [0.1, 0.15) is 0 Å². The van der Waals surface area contributed by atoms with E-state index in [4.69, 9.17) is 5.73 Å². The van der Waals surface area contributed by atoms with Crippen LogP contribution in [0.25, 0.3) is 0 Å². The SMILES string of the molecule is CC(C)(C)[S@@](=O)CCN. The second-order valence-corrected chi connectivity index (χ2v) is 5.27. The fourth-order valence-electron chi connectivity index (χ4n) is 0.413. The van der Waals surface area contributed by atoms with E-state index in [1.165, 1.54) is 0 Å². The van der Waals surface area contributed by atoms with Gasteiger partial charge in [0.2, 0.25) is 0 Å². The van der Waals surface area contributed by atoms with Gasteiger partial charge < -0.3 is 5.73 Å². The third-order valence-corrected chi connectivity index (χ3v) is 2.96. The average Bonchev–Trinajstić information content (AvgIpc) is 1.64. The Balaban J connectivity index is 3.74. The van der Waals surface area contributed by atoms with Crippen molar-refractivity contribution in [2.75, 3.05) is 12.3 Å². The summed E-state index contributed by atoms with van der Waals surface area (Å²) >= 11 is 0. The second-order valence-electron chi connectivity index (χ2n) is 2.95. The lowest BCUT2D eigenvalue weighted by Gasteiger charge is -2.16. The molecule has 0 aliphatic carbocycles. The summed E-state index contributed by atoms with van der Waals surface area (Å²) in [5.74, 6) is 0.615. The van der Waals surface area contributed by atoms with E-state index < -0.39 is 10.8 Å². The van der Waals surface area contributed by atoms with Crippen molar-refractivity contribution in [2.24, 2.45) is 5.73 Å². The molecule has 56 valence electrons. The molecule has 0 bridgehead atoms. The van der Waals surface area contributed by atoms with Gasteiger partial charge in [-0.3, -0.25) is 4.21 Å². The highest BCUT2D eigenvalue weighted by atomic mass is 32.2.